The van der Waals surface area contributed by atoms with E-state index in [0.29, 0.717) is 4.60 Å². The quantitative estimate of drug-likeness (QED) is 0.483. The molecule has 0 aliphatic heterocycles. The molecule has 67 valence electrons. The number of halogens is 2. The summed E-state index contributed by atoms with van der Waals surface area (Å²) in [5, 5.41) is 0.130. The molecule has 0 atom stereocenters. The van der Waals surface area contributed by atoms with E-state index in [2.05, 4.69) is 20.9 Å². The Hall–Kier alpha value is 0.830. The maximum atomic E-state index is 10.5. The van der Waals surface area contributed by atoms with E-state index >= 15 is 0 Å². The van der Waals surface area contributed by atoms with E-state index in [4.69, 9.17) is 16.2 Å². The van der Waals surface area contributed by atoms with Crippen LogP contribution in [-0.4, -0.2) is 47.5 Å². The number of pyridine rings is 1. The van der Waals surface area contributed by atoms with Crippen LogP contribution in [0, 0.1) is 0 Å². The molecule has 1 heterocycles. The van der Waals surface area contributed by atoms with Gasteiger partial charge in [-0.25, -0.2) is 4.98 Å². The van der Waals surface area contributed by atoms with Crippen LogP contribution in [0.4, 0.5) is 0 Å². The Bertz CT molecular complexity index is 410. The molecule has 1 radical (unpaired) electrons. The molecule has 0 aliphatic rings. The molecule has 0 bridgehead atoms. The predicted octanol–water partition coefficient (Wildman–Crippen LogP) is 1.36. The number of aromatic nitrogens is 1. The minimum atomic E-state index is -4.21. The fourth-order valence-electron chi connectivity index (χ4n) is 0.545. The summed E-state index contributed by atoms with van der Waals surface area (Å²) < 4.78 is 30.0. The van der Waals surface area contributed by atoms with Gasteiger partial charge in [-0.05, 0) is 22.0 Å². The summed E-state index contributed by atoms with van der Waals surface area (Å²) in [4.78, 5) is 3.27. The Morgan fingerprint density at radius 3 is 2.46 bits per heavy atom. The molecule has 0 unspecified atom stereocenters. The fraction of sp³-hybridized carbons (Fsp3) is 0. The van der Waals surface area contributed by atoms with Gasteiger partial charge in [0.05, 0.1) is 5.02 Å². The average Bonchev–Trinajstić information content (AvgIpc) is 1.92. The molecule has 0 spiro atoms. The molecule has 0 saturated carbocycles. The fourth-order valence-corrected chi connectivity index (χ4v) is 1.45. The molecule has 0 aromatic carbocycles. The summed E-state index contributed by atoms with van der Waals surface area (Å²) in [7, 11) is -4.21. The first kappa shape index (κ1) is 13.8. The van der Waals surface area contributed by atoms with Crippen molar-refractivity contribution in [2.45, 2.75) is 4.90 Å². The van der Waals surface area contributed by atoms with E-state index in [1.165, 1.54) is 0 Å². The van der Waals surface area contributed by atoms with Crippen molar-refractivity contribution in [2.75, 3.05) is 0 Å². The van der Waals surface area contributed by atoms with Crippen molar-refractivity contribution >= 4 is 67.2 Å². The molecule has 0 saturated heterocycles. The van der Waals surface area contributed by atoms with E-state index in [-0.39, 0.29) is 39.5 Å². The van der Waals surface area contributed by atoms with Gasteiger partial charge in [-0.3, -0.25) is 4.55 Å². The Morgan fingerprint density at radius 2 is 2.08 bits per heavy atom. The maximum absolute atomic E-state index is 10.5. The standard InChI is InChI=1S/C5H3BrClNO3S.Na/c6-5-4(7)1-3(2-8-5)12(9,10)11;/h1-2H,(H,9,10,11);. The van der Waals surface area contributed by atoms with Crippen LogP contribution in [0.3, 0.4) is 0 Å². The van der Waals surface area contributed by atoms with Gasteiger partial charge in [0.2, 0.25) is 0 Å². The van der Waals surface area contributed by atoms with Gasteiger partial charge in [-0.1, -0.05) is 11.6 Å². The van der Waals surface area contributed by atoms with E-state index in [1.54, 1.807) is 0 Å². The summed E-state index contributed by atoms with van der Waals surface area (Å²) >= 11 is 8.51. The van der Waals surface area contributed by atoms with Crippen LogP contribution < -0.4 is 0 Å². The first-order chi connectivity index (χ1) is 5.41. The van der Waals surface area contributed by atoms with Crippen molar-refractivity contribution in [1.82, 2.24) is 4.98 Å². The molecule has 1 rings (SSSR count). The van der Waals surface area contributed by atoms with Gasteiger partial charge in [-0.2, -0.15) is 8.42 Å². The molecule has 0 aliphatic carbocycles. The monoisotopic (exact) mass is 294 g/mol. The zero-order valence-electron chi connectivity index (χ0n) is 6.53. The number of rotatable bonds is 1. The predicted molar refractivity (Wildman–Crippen MR) is 52.5 cm³/mol. The number of hydrogen-bond acceptors (Lipinski definition) is 3. The zero-order chi connectivity index (χ0) is 9.35. The van der Waals surface area contributed by atoms with Gasteiger partial charge >= 0.3 is 0 Å². The third kappa shape index (κ3) is 3.83. The smallest absolute Gasteiger partial charge is 0.282 e. The molecule has 0 amide bonds. The Kier molecular flexibility index (Phi) is 5.39. The summed E-state index contributed by atoms with van der Waals surface area (Å²) in [5.41, 5.74) is 0. The van der Waals surface area contributed by atoms with Crippen LogP contribution in [0.5, 0.6) is 0 Å². The van der Waals surface area contributed by atoms with Gasteiger partial charge in [0.15, 0.2) is 0 Å². The Balaban J connectivity index is 0.00000144. The average molecular weight is 295 g/mol. The summed E-state index contributed by atoms with van der Waals surface area (Å²) in [6.07, 6.45) is 1.01. The number of hydrogen-bond donors (Lipinski definition) is 1. The summed E-state index contributed by atoms with van der Waals surface area (Å²) in [6, 6.07) is 1.11. The Labute approximate surface area is 111 Å². The van der Waals surface area contributed by atoms with Crippen molar-refractivity contribution in [3.8, 4) is 0 Å². The van der Waals surface area contributed by atoms with Crippen LogP contribution in [-0.2, 0) is 10.1 Å². The van der Waals surface area contributed by atoms with Gasteiger partial charge in [0.1, 0.15) is 9.50 Å². The summed E-state index contributed by atoms with van der Waals surface area (Å²) in [5.74, 6) is 0. The second-order valence-electron chi connectivity index (χ2n) is 1.92. The molecule has 4 nitrogen and oxygen atoms in total. The molecule has 1 aromatic rings. The van der Waals surface area contributed by atoms with Crippen molar-refractivity contribution in [3.05, 3.63) is 21.9 Å². The first-order valence-corrected chi connectivity index (χ1v) is 5.31. The second kappa shape index (κ2) is 5.06. The molecular formula is C5H3BrClNNaO3S. The largest absolute Gasteiger partial charge is 0.296 e. The number of nitrogens with zero attached hydrogens (tertiary/aromatic N) is 1. The van der Waals surface area contributed by atoms with Crippen LogP contribution in [0.25, 0.3) is 0 Å². The second-order valence-corrected chi connectivity index (χ2v) is 4.50. The third-order valence-electron chi connectivity index (χ3n) is 1.07. The van der Waals surface area contributed by atoms with Crippen LogP contribution in [0.15, 0.2) is 21.8 Å². The van der Waals surface area contributed by atoms with E-state index in [0.717, 1.165) is 12.3 Å². The van der Waals surface area contributed by atoms with Crippen molar-refractivity contribution < 1.29 is 13.0 Å². The summed E-state index contributed by atoms with van der Waals surface area (Å²) in [6.45, 7) is 0. The third-order valence-corrected chi connectivity index (χ3v) is 3.04. The van der Waals surface area contributed by atoms with Crippen LogP contribution >= 0.6 is 27.5 Å². The molecular weight excluding hydrogens is 292 g/mol. The van der Waals surface area contributed by atoms with Crippen molar-refractivity contribution in [3.63, 3.8) is 0 Å². The SMILES string of the molecule is O=S(=O)(O)c1cnc(Br)c(Cl)c1.[Na]. The first-order valence-electron chi connectivity index (χ1n) is 2.70. The Morgan fingerprint density at radius 1 is 1.54 bits per heavy atom. The van der Waals surface area contributed by atoms with E-state index < -0.39 is 10.1 Å². The molecule has 0 fully saturated rings. The van der Waals surface area contributed by atoms with E-state index in [9.17, 15) is 8.42 Å². The minimum Gasteiger partial charge on any atom is -0.282 e. The van der Waals surface area contributed by atoms with Gasteiger partial charge in [0.25, 0.3) is 10.1 Å². The van der Waals surface area contributed by atoms with Crippen molar-refractivity contribution in [2.24, 2.45) is 0 Å². The molecule has 1 aromatic heterocycles. The minimum absolute atomic E-state index is 0. The van der Waals surface area contributed by atoms with E-state index in [1.807, 2.05) is 0 Å². The van der Waals surface area contributed by atoms with Crippen molar-refractivity contribution in [1.29, 1.82) is 0 Å². The molecule has 13 heavy (non-hydrogen) atoms. The van der Waals surface area contributed by atoms with Gasteiger partial charge < -0.3 is 0 Å². The van der Waals surface area contributed by atoms with Gasteiger partial charge in [-0.15, -0.1) is 0 Å². The zero-order valence-corrected chi connectivity index (χ0v) is 11.7. The van der Waals surface area contributed by atoms with Gasteiger partial charge in [0, 0.05) is 35.8 Å². The normalized spacial score (nSPS) is 10.7. The molecule has 1 N–H and O–H groups in total. The molecule has 8 heteroatoms. The van der Waals surface area contributed by atoms with Crippen LogP contribution in [0.1, 0.15) is 0 Å². The maximum Gasteiger partial charge on any atom is 0.296 e. The van der Waals surface area contributed by atoms with Crippen LogP contribution in [0.2, 0.25) is 5.02 Å². The topological polar surface area (TPSA) is 67.3 Å².